The van der Waals surface area contributed by atoms with Crippen LogP contribution in [0.5, 0.6) is 0 Å². The van der Waals surface area contributed by atoms with Gasteiger partial charge in [-0.15, -0.1) is 11.3 Å². The van der Waals surface area contributed by atoms with Gasteiger partial charge in [-0.1, -0.05) is 84.4 Å². The van der Waals surface area contributed by atoms with Gasteiger partial charge in [0.05, 0.1) is 12.0 Å². The van der Waals surface area contributed by atoms with Crippen molar-refractivity contribution in [1.29, 1.82) is 0 Å². The van der Waals surface area contributed by atoms with Crippen LogP contribution in [0.25, 0.3) is 6.08 Å². The Balaban J connectivity index is 1.66. The molecule has 1 aliphatic heterocycles. The fourth-order valence-electron chi connectivity index (χ4n) is 5.38. The van der Waals surface area contributed by atoms with Crippen molar-refractivity contribution in [1.82, 2.24) is 4.90 Å². The normalized spacial score (nSPS) is 20.5. The van der Waals surface area contributed by atoms with Crippen LogP contribution in [-0.4, -0.2) is 34.7 Å². The highest BCUT2D eigenvalue weighted by Gasteiger charge is 2.56. The zero-order valence-corrected chi connectivity index (χ0v) is 23.3. The number of urea groups is 1. The van der Waals surface area contributed by atoms with E-state index in [-0.39, 0.29) is 5.78 Å². The predicted octanol–water partition coefficient (Wildman–Crippen LogP) is 6.78. The molecular formula is C32H28ClN3O3S. The van der Waals surface area contributed by atoms with Gasteiger partial charge in [0.2, 0.25) is 5.91 Å². The van der Waals surface area contributed by atoms with Gasteiger partial charge in [0.25, 0.3) is 0 Å². The summed E-state index contributed by atoms with van der Waals surface area (Å²) in [4.78, 5) is 43.6. The Kier molecular flexibility index (Phi) is 8.14. The van der Waals surface area contributed by atoms with Crippen molar-refractivity contribution in [2.45, 2.75) is 24.9 Å². The molecule has 4 atom stereocenters. The van der Waals surface area contributed by atoms with Gasteiger partial charge in [0.15, 0.2) is 5.78 Å². The lowest BCUT2D eigenvalue weighted by Gasteiger charge is -2.29. The van der Waals surface area contributed by atoms with Crippen LogP contribution in [0.1, 0.15) is 32.3 Å². The molecule has 1 aliphatic rings. The second-order valence-electron chi connectivity index (χ2n) is 9.76. The quantitative estimate of drug-likeness (QED) is 0.240. The van der Waals surface area contributed by atoms with E-state index in [9.17, 15) is 14.4 Å². The van der Waals surface area contributed by atoms with Gasteiger partial charge in [-0.3, -0.25) is 9.59 Å². The monoisotopic (exact) mass is 569 g/mol. The third-order valence-electron chi connectivity index (χ3n) is 7.08. The van der Waals surface area contributed by atoms with Crippen molar-refractivity contribution < 1.29 is 14.4 Å². The Morgan fingerprint density at radius 3 is 2.40 bits per heavy atom. The summed E-state index contributed by atoms with van der Waals surface area (Å²) < 4.78 is 0. The summed E-state index contributed by atoms with van der Waals surface area (Å²) in [7, 11) is 0. The SMILES string of the molecule is Cc1cccc(NC(=O)N2C(C=Cc3ccccc3)C(C(=O)c3cccc(Cl)c3)C(c3cccs3)C2C(N)=O)c1. The largest absolute Gasteiger partial charge is 0.368 e. The maximum atomic E-state index is 14.3. The summed E-state index contributed by atoms with van der Waals surface area (Å²) in [6, 6.07) is 25.1. The molecule has 0 bridgehead atoms. The molecule has 5 rings (SSSR count). The van der Waals surface area contributed by atoms with Crippen LogP contribution >= 0.6 is 22.9 Å². The number of primary amides is 1. The van der Waals surface area contributed by atoms with Gasteiger partial charge in [-0.05, 0) is 53.8 Å². The number of ketones is 1. The first-order valence-corrected chi connectivity index (χ1v) is 14.1. The topological polar surface area (TPSA) is 92.5 Å². The Bertz CT molecular complexity index is 1550. The highest BCUT2D eigenvalue weighted by molar-refractivity contribution is 7.10. The van der Waals surface area contributed by atoms with Crippen LogP contribution in [0.4, 0.5) is 10.5 Å². The number of amides is 3. The maximum absolute atomic E-state index is 14.3. The minimum atomic E-state index is -1.07. The fraction of sp³-hybridized carbons (Fsp3) is 0.156. The molecule has 6 nitrogen and oxygen atoms in total. The molecule has 1 saturated heterocycles. The van der Waals surface area contributed by atoms with Crippen molar-refractivity contribution in [2.24, 2.45) is 11.7 Å². The van der Waals surface area contributed by atoms with Gasteiger partial charge in [0.1, 0.15) is 6.04 Å². The number of hydrogen-bond donors (Lipinski definition) is 2. The third-order valence-corrected chi connectivity index (χ3v) is 8.29. The maximum Gasteiger partial charge on any atom is 0.323 e. The first kappa shape index (κ1) is 27.4. The van der Waals surface area contributed by atoms with Crippen molar-refractivity contribution in [3.8, 4) is 0 Å². The van der Waals surface area contributed by atoms with Gasteiger partial charge in [-0.2, -0.15) is 0 Å². The Hall–Kier alpha value is -4.20. The summed E-state index contributed by atoms with van der Waals surface area (Å²) in [5.74, 6) is -2.35. The second kappa shape index (κ2) is 11.9. The molecule has 40 heavy (non-hydrogen) atoms. The van der Waals surface area contributed by atoms with Gasteiger partial charge < -0.3 is 16.0 Å². The first-order chi connectivity index (χ1) is 19.3. The van der Waals surface area contributed by atoms with E-state index in [0.29, 0.717) is 16.3 Å². The number of Topliss-reactive ketones (excluding diaryl/α,β-unsaturated/α-hetero) is 1. The number of carbonyl (C=O) groups excluding carboxylic acids is 3. The number of aryl methyl sites for hydroxylation is 1. The second-order valence-corrected chi connectivity index (χ2v) is 11.2. The number of benzene rings is 3. The molecule has 4 unspecified atom stereocenters. The minimum Gasteiger partial charge on any atom is -0.368 e. The number of nitrogens with two attached hydrogens (primary N) is 1. The highest BCUT2D eigenvalue weighted by Crippen LogP contribution is 2.46. The lowest BCUT2D eigenvalue weighted by molar-refractivity contribution is -0.122. The lowest BCUT2D eigenvalue weighted by atomic mass is 9.80. The van der Waals surface area contributed by atoms with Crippen LogP contribution in [0, 0.1) is 12.8 Å². The van der Waals surface area contributed by atoms with E-state index in [4.69, 9.17) is 17.3 Å². The highest BCUT2D eigenvalue weighted by atomic mass is 35.5. The number of halogens is 1. The smallest absolute Gasteiger partial charge is 0.323 e. The van der Waals surface area contributed by atoms with E-state index in [0.717, 1.165) is 16.0 Å². The molecule has 4 aromatic rings. The molecule has 202 valence electrons. The third kappa shape index (κ3) is 5.71. The van der Waals surface area contributed by atoms with Crippen molar-refractivity contribution in [3.05, 3.63) is 129 Å². The molecule has 2 heterocycles. The van der Waals surface area contributed by atoms with Gasteiger partial charge in [0, 0.05) is 27.1 Å². The van der Waals surface area contributed by atoms with E-state index >= 15 is 0 Å². The molecule has 0 radical (unpaired) electrons. The number of anilines is 1. The minimum absolute atomic E-state index is 0.222. The summed E-state index contributed by atoms with van der Waals surface area (Å²) in [5.41, 5.74) is 8.87. The number of thiophene rings is 1. The van der Waals surface area contributed by atoms with E-state index in [1.165, 1.54) is 16.2 Å². The molecule has 0 aliphatic carbocycles. The van der Waals surface area contributed by atoms with Crippen LogP contribution in [0.15, 0.2) is 102 Å². The first-order valence-electron chi connectivity index (χ1n) is 12.8. The standard InChI is InChI=1S/C32H28ClN3O3S/c1-20-8-5-13-24(18-20)35-32(39)36-25(16-15-21-9-3-2-4-10-21)27(30(37)22-11-6-12-23(33)19-22)28(29(36)31(34)38)26-14-7-17-40-26/h2-19,25,27-29H,1H3,(H2,34,38)(H,35,39). The van der Waals surface area contributed by atoms with Crippen molar-refractivity contribution in [2.75, 3.05) is 5.32 Å². The van der Waals surface area contributed by atoms with Crippen LogP contribution in [-0.2, 0) is 4.79 Å². The average Bonchev–Trinajstić information content (AvgIpc) is 3.58. The number of likely N-dealkylation sites (tertiary alicyclic amines) is 1. The summed E-state index contributed by atoms with van der Waals surface area (Å²) in [5, 5.41) is 5.24. The van der Waals surface area contributed by atoms with E-state index in [2.05, 4.69) is 5.32 Å². The molecule has 8 heteroatoms. The van der Waals surface area contributed by atoms with E-state index < -0.39 is 35.9 Å². The number of carbonyl (C=O) groups is 3. The molecule has 3 N–H and O–H groups in total. The van der Waals surface area contributed by atoms with Crippen molar-refractivity contribution in [3.63, 3.8) is 0 Å². The summed E-state index contributed by atoms with van der Waals surface area (Å²) in [6.45, 7) is 1.93. The summed E-state index contributed by atoms with van der Waals surface area (Å²) >= 11 is 7.69. The van der Waals surface area contributed by atoms with E-state index in [1.807, 2.05) is 85.1 Å². The van der Waals surface area contributed by atoms with Crippen LogP contribution < -0.4 is 11.1 Å². The van der Waals surface area contributed by atoms with Gasteiger partial charge in [-0.25, -0.2) is 4.79 Å². The Labute approximate surface area is 242 Å². The van der Waals surface area contributed by atoms with Crippen molar-refractivity contribution >= 4 is 52.4 Å². The number of hydrogen-bond acceptors (Lipinski definition) is 4. The molecule has 0 saturated carbocycles. The lowest BCUT2D eigenvalue weighted by Crippen LogP contribution is -2.50. The molecule has 1 fully saturated rings. The zero-order valence-electron chi connectivity index (χ0n) is 21.7. The predicted molar refractivity (Wildman–Crippen MR) is 161 cm³/mol. The molecule has 3 amide bonds. The molecule has 3 aromatic carbocycles. The van der Waals surface area contributed by atoms with E-state index in [1.54, 1.807) is 30.3 Å². The fourth-order valence-corrected chi connectivity index (χ4v) is 6.47. The zero-order chi connectivity index (χ0) is 28.2. The molecule has 0 spiro atoms. The number of rotatable bonds is 7. The average molecular weight is 570 g/mol. The molecule has 1 aromatic heterocycles. The van der Waals surface area contributed by atoms with Gasteiger partial charge >= 0.3 is 6.03 Å². The van der Waals surface area contributed by atoms with Crippen LogP contribution in [0.3, 0.4) is 0 Å². The number of nitrogens with zero attached hydrogens (tertiary/aromatic N) is 1. The summed E-state index contributed by atoms with van der Waals surface area (Å²) in [6.07, 6.45) is 3.69. The Morgan fingerprint density at radius 1 is 0.950 bits per heavy atom. The number of nitrogens with one attached hydrogen (secondary N) is 1. The van der Waals surface area contributed by atoms with Crippen LogP contribution in [0.2, 0.25) is 5.02 Å². The molecular weight excluding hydrogens is 542 g/mol. The Morgan fingerprint density at radius 2 is 1.73 bits per heavy atom.